The van der Waals surface area contributed by atoms with E-state index in [4.69, 9.17) is 4.74 Å². The quantitative estimate of drug-likeness (QED) is 0.770. The minimum Gasteiger partial charge on any atom is -0.377 e. The molecule has 0 radical (unpaired) electrons. The van der Waals surface area contributed by atoms with E-state index in [1.807, 2.05) is 7.11 Å². The average molecular weight is 311 g/mol. The predicted molar refractivity (Wildman–Crippen MR) is 90.1 cm³/mol. The fourth-order valence-electron chi connectivity index (χ4n) is 3.46. The first-order chi connectivity index (χ1) is 10.2. The summed E-state index contributed by atoms with van der Waals surface area (Å²) in [7, 11) is 1.90. The van der Waals surface area contributed by atoms with Crippen molar-refractivity contribution in [1.82, 2.24) is 10.3 Å². The first-order valence-corrected chi connectivity index (χ1v) is 9.27. The molecule has 0 saturated heterocycles. The van der Waals surface area contributed by atoms with Crippen LogP contribution in [0.4, 0.5) is 0 Å². The predicted octanol–water partition coefficient (Wildman–Crippen LogP) is 4.10. The molecule has 0 aromatic carbocycles. The Kier molecular flexibility index (Phi) is 6.65. The summed E-state index contributed by atoms with van der Waals surface area (Å²) in [6.07, 6.45) is 9.78. The van der Waals surface area contributed by atoms with Crippen LogP contribution in [-0.2, 0) is 11.2 Å². The second-order valence-electron chi connectivity index (χ2n) is 6.28. The second-order valence-corrected chi connectivity index (χ2v) is 7.22. The maximum atomic E-state index is 6.11. The third-order valence-electron chi connectivity index (χ3n) is 4.68. The molecule has 4 heteroatoms. The summed E-state index contributed by atoms with van der Waals surface area (Å²) >= 11 is 1.78. The Morgan fingerprint density at radius 1 is 1.33 bits per heavy atom. The maximum absolute atomic E-state index is 6.11. The van der Waals surface area contributed by atoms with E-state index >= 15 is 0 Å². The van der Waals surface area contributed by atoms with Gasteiger partial charge in [0.2, 0.25) is 0 Å². The molecule has 1 saturated carbocycles. The molecule has 1 aromatic rings. The highest BCUT2D eigenvalue weighted by molar-refractivity contribution is 7.09. The van der Waals surface area contributed by atoms with Gasteiger partial charge in [0.05, 0.1) is 10.6 Å². The number of ether oxygens (including phenoxy) is 1. The van der Waals surface area contributed by atoms with Gasteiger partial charge in [-0.2, -0.15) is 0 Å². The van der Waals surface area contributed by atoms with Crippen LogP contribution in [0.5, 0.6) is 0 Å². The Hall–Kier alpha value is -0.450. The first-order valence-electron chi connectivity index (χ1n) is 8.40. The topological polar surface area (TPSA) is 34.2 Å². The number of hydrogen-bond acceptors (Lipinski definition) is 4. The molecule has 0 bridgehead atoms. The molecule has 3 nitrogen and oxygen atoms in total. The standard InChI is InChI=1S/C17H30N2OS/c1-4-11-18-15(12-16-19-14(2)13-21-16)17(20-3)9-7-5-6-8-10-17/h13,15,18H,4-12H2,1-3H3. The number of nitrogens with zero attached hydrogens (tertiary/aromatic N) is 1. The summed E-state index contributed by atoms with van der Waals surface area (Å²) in [5.74, 6) is 0. The molecule has 0 aliphatic heterocycles. The number of nitrogens with one attached hydrogen (secondary N) is 1. The van der Waals surface area contributed by atoms with E-state index in [1.54, 1.807) is 11.3 Å². The van der Waals surface area contributed by atoms with Gasteiger partial charge >= 0.3 is 0 Å². The van der Waals surface area contributed by atoms with Crippen molar-refractivity contribution in [2.24, 2.45) is 0 Å². The maximum Gasteiger partial charge on any atom is 0.0944 e. The van der Waals surface area contributed by atoms with Crippen molar-refractivity contribution >= 4 is 11.3 Å². The van der Waals surface area contributed by atoms with Gasteiger partial charge in [-0.1, -0.05) is 32.6 Å². The van der Waals surface area contributed by atoms with Gasteiger partial charge in [-0.25, -0.2) is 4.98 Å². The van der Waals surface area contributed by atoms with Crippen molar-refractivity contribution in [2.75, 3.05) is 13.7 Å². The van der Waals surface area contributed by atoms with Crippen molar-refractivity contribution in [2.45, 2.75) is 76.9 Å². The Balaban J connectivity index is 2.14. The summed E-state index contributed by atoms with van der Waals surface area (Å²) in [5.41, 5.74) is 1.13. The van der Waals surface area contributed by atoms with Gasteiger partial charge in [0.1, 0.15) is 0 Å². The molecule has 1 N–H and O–H groups in total. The van der Waals surface area contributed by atoms with Crippen LogP contribution < -0.4 is 5.32 Å². The minimum atomic E-state index is -0.00869. The van der Waals surface area contributed by atoms with Crippen molar-refractivity contribution in [1.29, 1.82) is 0 Å². The van der Waals surface area contributed by atoms with Crippen LogP contribution in [0.15, 0.2) is 5.38 Å². The highest BCUT2D eigenvalue weighted by Gasteiger charge is 2.39. The molecule has 0 amide bonds. The van der Waals surface area contributed by atoms with Gasteiger partial charge < -0.3 is 10.1 Å². The lowest BCUT2D eigenvalue weighted by atomic mass is 9.84. The summed E-state index contributed by atoms with van der Waals surface area (Å²) in [6.45, 7) is 5.36. The van der Waals surface area contributed by atoms with Crippen molar-refractivity contribution in [3.8, 4) is 0 Å². The molecule has 2 rings (SSSR count). The minimum absolute atomic E-state index is 0.00869. The Morgan fingerprint density at radius 3 is 2.57 bits per heavy atom. The molecule has 1 aliphatic carbocycles. The fraction of sp³-hybridized carbons (Fsp3) is 0.824. The van der Waals surface area contributed by atoms with Gasteiger partial charge in [-0.3, -0.25) is 0 Å². The van der Waals surface area contributed by atoms with E-state index in [-0.39, 0.29) is 5.60 Å². The average Bonchev–Trinajstić information content (AvgIpc) is 2.76. The Labute approximate surface area is 133 Å². The summed E-state index contributed by atoms with van der Waals surface area (Å²) in [4.78, 5) is 4.67. The van der Waals surface area contributed by atoms with E-state index in [0.717, 1.165) is 25.1 Å². The van der Waals surface area contributed by atoms with Gasteiger partial charge in [0, 0.05) is 30.6 Å². The smallest absolute Gasteiger partial charge is 0.0944 e. The highest BCUT2D eigenvalue weighted by Crippen LogP contribution is 2.34. The molecular weight excluding hydrogens is 280 g/mol. The molecule has 1 aromatic heterocycles. The number of aryl methyl sites for hydroxylation is 1. The summed E-state index contributed by atoms with van der Waals surface area (Å²) in [5, 5.41) is 7.15. The summed E-state index contributed by atoms with van der Waals surface area (Å²) < 4.78 is 6.11. The lowest BCUT2D eigenvalue weighted by molar-refractivity contribution is -0.0526. The van der Waals surface area contributed by atoms with Gasteiger partial charge in [-0.15, -0.1) is 11.3 Å². The van der Waals surface area contributed by atoms with E-state index in [2.05, 4.69) is 29.5 Å². The SMILES string of the molecule is CCCNC(Cc1nc(C)cs1)C1(OC)CCCCCC1. The first kappa shape index (κ1) is 16.9. The summed E-state index contributed by atoms with van der Waals surface area (Å²) in [6, 6.07) is 0.381. The van der Waals surface area contributed by atoms with Crippen molar-refractivity contribution in [3.63, 3.8) is 0 Å². The van der Waals surface area contributed by atoms with Crippen LogP contribution >= 0.6 is 11.3 Å². The van der Waals surface area contributed by atoms with Gasteiger partial charge in [0.25, 0.3) is 0 Å². The van der Waals surface area contributed by atoms with Crippen LogP contribution in [0.25, 0.3) is 0 Å². The molecule has 1 heterocycles. The zero-order valence-electron chi connectivity index (χ0n) is 13.8. The number of methoxy groups -OCH3 is 1. The van der Waals surface area contributed by atoms with Crippen LogP contribution in [0.3, 0.4) is 0 Å². The van der Waals surface area contributed by atoms with Crippen LogP contribution in [-0.4, -0.2) is 30.3 Å². The molecule has 0 spiro atoms. The van der Waals surface area contributed by atoms with E-state index in [1.165, 1.54) is 43.5 Å². The Morgan fingerprint density at radius 2 is 2.05 bits per heavy atom. The lowest BCUT2D eigenvalue weighted by Gasteiger charge is -2.39. The largest absolute Gasteiger partial charge is 0.377 e. The normalized spacial score (nSPS) is 20.1. The van der Waals surface area contributed by atoms with E-state index < -0.39 is 0 Å². The molecule has 120 valence electrons. The molecular formula is C17H30N2OS. The van der Waals surface area contributed by atoms with Crippen LogP contribution in [0.2, 0.25) is 0 Å². The number of thiazole rings is 1. The molecule has 1 fully saturated rings. The van der Waals surface area contributed by atoms with E-state index in [9.17, 15) is 0 Å². The zero-order valence-corrected chi connectivity index (χ0v) is 14.6. The molecule has 1 aliphatic rings. The second kappa shape index (κ2) is 8.25. The zero-order chi connectivity index (χ0) is 15.1. The third kappa shape index (κ3) is 4.51. The van der Waals surface area contributed by atoms with Gasteiger partial charge in [-0.05, 0) is 32.7 Å². The monoisotopic (exact) mass is 310 g/mol. The van der Waals surface area contributed by atoms with E-state index in [0.29, 0.717) is 6.04 Å². The highest BCUT2D eigenvalue weighted by atomic mass is 32.1. The van der Waals surface area contributed by atoms with Gasteiger partial charge in [0.15, 0.2) is 0 Å². The number of aromatic nitrogens is 1. The number of rotatable bonds is 7. The molecule has 21 heavy (non-hydrogen) atoms. The van der Waals surface area contributed by atoms with Crippen molar-refractivity contribution < 1.29 is 4.74 Å². The lowest BCUT2D eigenvalue weighted by Crippen LogP contribution is -2.53. The van der Waals surface area contributed by atoms with Crippen LogP contribution in [0.1, 0.15) is 62.6 Å². The molecule has 1 atom stereocenters. The number of hydrogen-bond donors (Lipinski definition) is 1. The Bertz CT molecular complexity index is 411. The fourth-order valence-corrected chi connectivity index (χ4v) is 4.27. The molecule has 1 unspecified atom stereocenters. The van der Waals surface area contributed by atoms with Crippen molar-refractivity contribution in [3.05, 3.63) is 16.1 Å². The third-order valence-corrected chi connectivity index (χ3v) is 5.67. The van der Waals surface area contributed by atoms with Crippen LogP contribution in [0, 0.1) is 6.92 Å².